The molecule has 0 saturated carbocycles. The standard InChI is InChI=1S/C17H29NO3/c1-4-11-18-16(5-2)15-9-7-8-10-17(15)21-13-14(19)12-20-6-3/h7-10,14,16,18-19H,4-6,11-13H2,1-3H3. The number of rotatable bonds is 11. The summed E-state index contributed by atoms with van der Waals surface area (Å²) in [5, 5.41) is 13.3. The van der Waals surface area contributed by atoms with E-state index in [-0.39, 0.29) is 12.6 Å². The maximum atomic E-state index is 9.80. The van der Waals surface area contributed by atoms with Gasteiger partial charge in [0.2, 0.25) is 0 Å². The maximum Gasteiger partial charge on any atom is 0.124 e. The molecule has 4 nitrogen and oxygen atoms in total. The van der Waals surface area contributed by atoms with E-state index < -0.39 is 6.10 Å². The van der Waals surface area contributed by atoms with Crippen molar-refractivity contribution in [3.8, 4) is 5.75 Å². The number of benzene rings is 1. The molecule has 0 heterocycles. The van der Waals surface area contributed by atoms with E-state index in [1.807, 2.05) is 25.1 Å². The van der Waals surface area contributed by atoms with Gasteiger partial charge in [-0.2, -0.15) is 0 Å². The fourth-order valence-corrected chi connectivity index (χ4v) is 2.18. The Morgan fingerprint density at radius 1 is 1.14 bits per heavy atom. The second-order valence-corrected chi connectivity index (χ2v) is 5.08. The lowest BCUT2D eigenvalue weighted by Crippen LogP contribution is -2.25. The zero-order chi connectivity index (χ0) is 15.5. The lowest BCUT2D eigenvalue weighted by molar-refractivity contribution is 0.0161. The van der Waals surface area contributed by atoms with Gasteiger partial charge in [0.25, 0.3) is 0 Å². The molecule has 1 rings (SSSR count). The lowest BCUT2D eigenvalue weighted by atomic mass is 10.0. The van der Waals surface area contributed by atoms with Gasteiger partial charge < -0.3 is 19.9 Å². The maximum absolute atomic E-state index is 9.80. The monoisotopic (exact) mass is 295 g/mol. The van der Waals surface area contributed by atoms with Crippen LogP contribution in [0.2, 0.25) is 0 Å². The van der Waals surface area contributed by atoms with Gasteiger partial charge in [0.05, 0.1) is 6.61 Å². The van der Waals surface area contributed by atoms with Gasteiger partial charge >= 0.3 is 0 Å². The largest absolute Gasteiger partial charge is 0.490 e. The quantitative estimate of drug-likeness (QED) is 0.659. The SMILES string of the molecule is CCCNC(CC)c1ccccc1OCC(O)COCC. The van der Waals surface area contributed by atoms with Gasteiger partial charge in [-0.1, -0.05) is 32.0 Å². The average Bonchev–Trinajstić information content (AvgIpc) is 2.52. The Kier molecular flexibility index (Phi) is 9.06. The molecule has 0 aliphatic rings. The van der Waals surface area contributed by atoms with Crippen LogP contribution in [0.3, 0.4) is 0 Å². The van der Waals surface area contributed by atoms with Crippen molar-refractivity contribution in [1.82, 2.24) is 5.32 Å². The predicted octanol–water partition coefficient (Wildman–Crippen LogP) is 2.91. The molecule has 0 radical (unpaired) electrons. The molecule has 0 spiro atoms. The van der Waals surface area contributed by atoms with Crippen LogP contribution in [0.5, 0.6) is 5.75 Å². The Hall–Kier alpha value is -1.10. The summed E-state index contributed by atoms with van der Waals surface area (Å²) in [6, 6.07) is 8.31. The van der Waals surface area contributed by atoms with Crippen molar-refractivity contribution in [3.05, 3.63) is 29.8 Å². The summed E-state index contributed by atoms with van der Waals surface area (Å²) in [5.41, 5.74) is 1.15. The van der Waals surface area contributed by atoms with Crippen LogP contribution >= 0.6 is 0 Å². The van der Waals surface area contributed by atoms with Crippen LogP contribution in [0, 0.1) is 0 Å². The van der Waals surface area contributed by atoms with Gasteiger partial charge in [0, 0.05) is 18.2 Å². The van der Waals surface area contributed by atoms with Crippen LogP contribution in [-0.4, -0.2) is 37.6 Å². The second kappa shape index (κ2) is 10.6. The van der Waals surface area contributed by atoms with E-state index in [2.05, 4.69) is 25.2 Å². The molecule has 1 aromatic rings. The van der Waals surface area contributed by atoms with Crippen LogP contribution in [-0.2, 0) is 4.74 Å². The molecule has 0 aliphatic carbocycles. The summed E-state index contributed by atoms with van der Waals surface area (Å²) < 4.78 is 11.0. The molecule has 2 N–H and O–H groups in total. The van der Waals surface area contributed by atoms with Crippen molar-refractivity contribution in [3.63, 3.8) is 0 Å². The van der Waals surface area contributed by atoms with Gasteiger partial charge in [-0.05, 0) is 32.4 Å². The average molecular weight is 295 g/mol. The van der Waals surface area contributed by atoms with Gasteiger partial charge in [-0.3, -0.25) is 0 Å². The van der Waals surface area contributed by atoms with E-state index in [4.69, 9.17) is 9.47 Å². The van der Waals surface area contributed by atoms with Crippen LogP contribution in [0.15, 0.2) is 24.3 Å². The third-order valence-electron chi connectivity index (χ3n) is 3.29. The first-order valence-electron chi connectivity index (χ1n) is 7.93. The molecule has 0 aliphatic heterocycles. The van der Waals surface area contributed by atoms with Crippen LogP contribution in [0.25, 0.3) is 0 Å². The van der Waals surface area contributed by atoms with E-state index >= 15 is 0 Å². The van der Waals surface area contributed by atoms with Crippen LogP contribution < -0.4 is 10.1 Å². The van der Waals surface area contributed by atoms with Crippen molar-refractivity contribution in [1.29, 1.82) is 0 Å². The van der Waals surface area contributed by atoms with Crippen molar-refractivity contribution >= 4 is 0 Å². The Morgan fingerprint density at radius 3 is 2.57 bits per heavy atom. The number of nitrogens with one attached hydrogen (secondary N) is 1. The lowest BCUT2D eigenvalue weighted by Gasteiger charge is -2.21. The minimum atomic E-state index is -0.596. The van der Waals surface area contributed by atoms with Gasteiger partial charge in [-0.25, -0.2) is 0 Å². The molecular formula is C17H29NO3. The first kappa shape index (κ1) is 18.0. The first-order chi connectivity index (χ1) is 10.2. The zero-order valence-electron chi connectivity index (χ0n) is 13.5. The third-order valence-corrected chi connectivity index (χ3v) is 3.29. The third kappa shape index (κ3) is 6.46. The predicted molar refractivity (Wildman–Crippen MR) is 85.8 cm³/mol. The van der Waals surface area contributed by atoms with E-state index in [0.717, 1.165) is 30.7 Å². The smallest absolute Gasteiger partial charge is 0.124 e. The van der Waals surface area contributed by atoms with E-state index in [1.165, 1.54) is 0 Å². The normalized spacial score (nSPS) is 13.9. The number of aliphatic hydroxyl groups excluding tert-OH is 1. The molecule has 2 atom stereocenters. The number of para-hydroxylation sites is 1. The first-order valence-corrected chi connectivity index (χ1v) is 7.93. The minimum Gasteiger partial charge on any atom is -0.490 e. The summed E-state index contributed by atoms with van der Waals surface area (Å²) in [5.74, 6) is 0.837. The van der Waals surface area contributed by atoms with E-state index in [0.29, 0.717) is 13.2 Å². The van der Waals surface area contributed by atoms with Gasteiger partial charge in [-0.15, -0.1) is 0 Å². The van der Waals surface area contributed by atoms with Gasteiger partial charge in [0.1, 0.15) is 18.5 Å². The summed E-state index contributed by atoms with van der Waals surface area (Å²) in [7, 11) is 0. The van der Waals surface area contributed by atoms with Crippen LogP contribution in [0.1, 0.15) is 45.2 Å². The highest BCUT2D eigenvalue weighted by Gasteiger charge is 2.14. The molecule has 21 heavy (non-hydrogen) atoms. The highest BCUT2D eigenvalue weighted by Crippen LogP contribution is 2.27. The molecule has 120 valence electrons. The minimum absolute atomic E-state index is 0.251. The fraction of sp³-hybridized carbons (Fsp3) is 0.647. The molecular weight excluding hydrogens is 266 g/mol. The number of aliphatic hydroxyl groups is 1. The molecule has 1 aromatic carbocycles. The highest BCUT2D eigenvalue weighted by atomic mass is 16.5. The number of ether oxygens (including phenoxy) is 2. The number of hydrogen-bond acceptors (Lipinski definition) is 4. The van der Waals surface area contributed by atoms with Crippen molar-refractivity contribution in [2.75, 3.05) is 26.4 Å². The summed E-state index contributed by atoms with van der Waals surface area (Å²) in [6.45, 7) is 8.38. The molecule has 0 bridgehead atoms. The van der Waals surface area contributed by atoms with Crippen molar-refractivity contribution < 1.29 is 14.6 Å². The van der Waals surface area contributed by atoms with Crippen LogP contribution in [0.4, 0.5) is 0 Å². The Balaban J connectivity index is 2.65. The zero-order valence-corrected chi connectivity index (χ0v) is 13.5. The molecule has 4 heteroatoms. The summed E-state index contributed by atoms with van der Waals surface area (Å²) >= 11 is 0. The van der Waals surface area contributed by atoms with E-state index in [1.54, 1.807) is 0 Å². The Bertz CT molecular complexity index is 384. The Morgan fingerprint density at radius 2 is 1.90 bits per heavy atom. The highest BCUT2D eigenvalue weighted by molar-refractivity contribution is 5.36. The van der Waals surface area contributed by atoms with E-state index in [9.17, 15) is 5.11 Å². The topological polar surface area (TPSA) is 50.7 Å². The summed E-state index contributed by atoms with van der Waals surface area (Å²) in [6.07, 6.45) is 1.51. The molecule has 0 amide bonds. The Labute approximate surface area is 128 Å². The molecule has 0 saturated heterocycles. The van der Waals surface area contributed by atoms with Gasteiger partial charge in [0.15, 0.2) is 0 Å². The van der Waals surface area contributed by atoms with Crippen molar-refractivity contribution in [2.45, 2.75) is 45.8 Å². The van der Waals surface area contributed by atoms with Crippen molar-refractivity contribution in [2.24, 2.45) is 0 Å². The molecule has 0 aromatic heterocycles. The summed E-state index contributed by atoms with van der Waals surface area (Å²) in [4.78, 5) is 0. The fourth-order valence-electron chi connectivity index (χ4n) is 2.18. The molecule has 2 unspecified atom stereocenters. The number of hydrogen-bond donors (Lipinski definition) is 2. The molecule has 0 fully saturated rings. The second-order valence-electron chi connectivity index (χ2n) is 5.08.